The molecule has 1 aromatic heterocycles. The van der Waals surface area contributed by atoms with Crippen molar-refractivity contribution in [3.8, 4) is 11.1 Å². The molecule has 1 aliphatic heterocycles. The van der Waals surface area contributed by atoms with E-state index in [0.717, 1.165) is 60.3 Å². The number of amides is 1. The zero-order valence-corrected chi connectivity index (χ0v) is 20.0. The highest BCUT2D eigenvalue weighted by Gasteiger charge is 2.28. The van der Waals surface area contributed by atoms with Gasteiger partial charge in [-0.2, -0.15) is 0 Å². The van der Waals surface area contributed by atoms with Gasteiger partial charge < -0.3 is 15.2 Å². The Morgan fingerprint density at radius 2 is 1.88 bits per heavy atom. The number of carbonyl (C=O) groups is 1. The SMILES string of the molecule is CN(C)CCCc1c(/C=C2\C(=O)Nc3cccc(-c4cccc(F)c4)c32)[nH]c2c1CCCCC2. The zero-order valence-electron chi connectivity index (χ0n) is 20.0. The lowest BCUT2D eigenvalue weighted by molar-refractivity contribution is -0.110. The van der Waals surface area contributed by atoms with Crippen LogP contribution in [0, 0.1) is 5.82 Å². The van der Waals surface area contributed by atoms with Crippen molar-refractivity contribution >= 4 is 23.2 Å². The molecule has 1 amide bonds. The van der Waals surface area contributed by atoms with Gasteiger partial charge in [-0.15, -0.1) is 0 Å². The number of aromatic amines is 1. The van der Waals surface area contributed by atoms with Gasteiger partial charge in [0.05, 0.1) is 5.57 Å². The third-order valence-corrected chi connectivity index (χ3v) is 6.98. The predicted molar refractivity (Wildman–Crippen MR) is 137 cm³/mol. The number of aryl methyl sites for hydroxylation is 1. The predicted octanol–water partition coefficient (Wildman–Crippen LogP) is 6.08. The molecule has 5 heteroatoms. The van der Waals surface area contributed by atoms with Gasteiger partial charge in [0.15, 0.2) is 0 Å². The van der Waals surface area contributed by atoms with Gasteiger partial charge in [0, 0.05) is 22.6 Å². The van der Waals surface area contributed by atoms with Crippen molar-refractivity contribution in [1.29, 1.82) is 0 Å². The molecule has 0 fully saturated rings. The molecule has 5 rings (SSSR count). The van der Waals surface area contributed by atoms with Crippen LogP contribution in [0.4, 0.5) is 10.1 Å². The second kappa shape index (κ2) is 9.59. The third kappa shape index (κ3) is 4.45. The summed E-state index contributed by atoms with van der Waals surface area (Å²) in [6, 6.07) is 12.4. The van der Waals surface area contributed by atoms with Crippen LogP contribution in [0.1, 0.15) is 53.8 Å². The molecule has 2 N–H and O–H groups in total. The Labute approximate surface area is 200 Å². The maximum atomic E-state index is 14.0. The Morgan fingerprint density at radius 1 is 1.06 bits per heavy atom. The van der Waals surface area contributed by atoms with E-state index in [0.29, 0.717) is 5.57 Å². The number of fused-ring (bicyclic) bond motifs is 2. The number of H-pyrrole nitrogens is 1. The normalized spacial score (nSPS) is 16.5. The van der Waals surface area contributed by atoms with Gasteiger partial charge in [-0.05, 0) is 106 Å². The minimum atomic E-state index is -0.283. The van der Waals surface area contributed by atoms with Gasteiger partial charge in [-0.1, -0.05) is 30.7 Å². The van der Waals surface area contributed by atoms with E-state index in [1.54, 1.807) is 6.07 Å². The first-order chi connectivity index (χ1) is 16.5. The largest absolute Gasteiger partial charge is 0.358 e. The molecule has 0 saturated carbocycles. The highest BCUT2D eigenvalue weighted by Crippen LogP contribution is 2.41. The summed E-state index contributed by atoms with van der Waals surface area (Å²) in [7, 11) is 4.21. The van der Waals surface area contributed by atoms with Crippen molar-refractivity contribution in [3.05, 3.63) is 76.4 Å². The second-order valence-corrected chi connectivity index (χ2v) is 9.69. The molecule has 0 spiro atoms. The van der Waals surface area contributed by atoms with Gasteiger partial charge in [0.2, 0.25) is 0 Å². The van der Waals surface area contributed by atoms with Crippen LogP contribution in [0.5, 0.6) is 0 Å². The van der Waals surface area contributed by atoms with Gasteiger partial charge in [0.25, 0.3) is 5.91 Å². The maximum Gasteiger partial charge on any atom is 0.256 e. The van der Waals surface area contributed by atoms with Crippen LogP contribution in [-0.2, 0) is 24.1 Å². The highest BCUT2D eigenvalue weighted by atomic mass is 19.1. The minimum absolute atomic E-state index is 0.108. The van der Waals surface area contributed by atoms with Crippen LogP contribution >= 0.6 is 0 Å². The molecule has 176 valence electrons. The summed E-state index contributed by atoms with van der Waals surface area (Å²) in [5, 5.41) is 3.02. The van der Waals surface area contributed by atoms with E-state index in [9.17, 15) is 9.18 Å². The molecule has 1 aliphatic carbocycles. The smallest absolute Gasteiger partial charge is 0.256 e. The number of aromatic nitrogens is 1. The van der Waals surface area contributed by atoms with Crippen LogP contribution in [0.25, 0.3) is 22.8 Å². The molecule has 3 aromatic rings. The van der Waals surface area contributed by atoms with E-state index in [4.69, 9.17) is 0 Å². The average molecular weight is 458 g/mol. The van der Waals surface area contributed by atoms with E-state index in [1.807, 2.05) is 30.3 Å². The number of anilines is 1. The van der Waals surface area contributed by atoms with Crippen molar-refractivity contribution in [1.82, 2.24) is 9.88 Å². The lowest BCUT2D eigenvalue weighted by Crippen LogP contribution is -2.13. The number of halogens is 1. The Morgan fingerprint density at radius 3 is 2.71 bits per heavy atom. The van der Waals surface area contributed by atoms with Gasteiger partial charge in [-0.25, -0.2) is 4.39 Å². The molecule has 0 unspecified atom stereocenters. The lowest BCUT2D eigenvalue weighted by Gasteiger charge is -2.11. The summed E-state index contributed by atoms with van der Waals surface area (Å²) < 4.78 is 14.0. The number of benzene rings is 2. The number of nitrogens with one attached hydrogen (secondary N) is 2. The Bertz CT molecular complexity index is 1250. The minimum Gasteiger partial charge on any atom is -0.358 e. The quantitative estimate of drug-likeness (QED) is 0.348. The summed E-state index contributed by atoms with van der Waals surface area (Å²) >= 11 is 0. The van der Waals surface area contributed by atoms with Gasteiger partial charge in [-0.3, -0.25) is 4.79 Å². The number of hydrogen-bond acceptors (Lipinski definition) is 2. The van der Waals surface area contributed by atoms with Crippen LogP contribution in [0.15, 0.2) is 42.5 Å². The molecule has 0 bridgehead atoms. The third-order valence-electron chi connectivity index (χ3n) is 6.98. The molecule has 0 atom stereocenters. The summed E-state index contributed by atoms with van der Waals surface area (Å²) in [5.74, 6) is -0.392. The zero-order chi connectivity index (χ0) is 23.7. The summed E-state index contributed by atoms with van der Waals surface area (Å²) in [4.78, 5) is 19.0. The molecular weight excluding hydrogens is 425 g/mol. The summed E-state index contributed by atoms with van der Waals surface area (Å²) in [6.07, 6.45) is 9.95. The molecule has 34 heavy (non-hydrogen) atoms. The maximum absolute atomic E-state index is 14.0. The molecule has 2 aromatic carbocycles. The van der Waals surface area contributed by atoms with E-state index in [-0.39, 0.29) is 11.7 Å². The lowest BCUT2D eigenvalue weighted by atomic mass is 9.93. The van der Waals surface area contributed by atoms with Crippen LogP contribution in [0.3, 0.4) is 0 Å². The van der Waals surface area contributed by atoms with E-state index in [2.05, 4.69) is 29.3 Å². The summed E-state index contributed by atoms with van der Waals surface area (Å²) in [6.45, 7) is 1.03. The Balaban J connectivity index is 1.61. The van der Waals surface area contributed by atoms with Gasteiger partial charge >= 0.3 is 0 Å². The fourth-order valence-electron chi connectivity index (χ4n) is 5.36. The monoisotopic (exact) mass is 457 g/mol. The molecule has 0 radical (unpaired) electrons. The first kappa shape index (κ1) is 22.6. The number of carbonyl (C=O) groups excluding carboxylic acids is 1. The standard InChI is InChI=1S/C29H32FN3O/c1-33(2)16-8-13-23-22-11-4-3-5-14-25(22)31-27(23)18-24-28-21(19-9-6-10-20(30)17-19)12-7-15-26(28)32-29(24)34/h6-7,9-10,12,15,17-18,31H,3-5,8,11,13-14,16H2,1-2H3,(H,32,34)/b24-18-. The van der Waals surface area contributed by atoms with E-state index >= 15 is 0 Å². The highest BCUT2D eigenvalue weighted by molar-refractivity contribution is 6.36. The number of nitrogens with zero attached hydrogens (tertiary/aromatic N) is 1. The van der Waals surface area contributed by atoms with Crippen molar-refractivity contribution in [3.63, 3.8) is 0 Å². The van der Waals surface area contributed by atoms with Crippen molar-refractivity contribution < 1.29 is 9.18 Å². The van der Waals surface area contributed by atoms with Gasteiger partial charge in [0.1, 0.15) is 5.82 Å². The van der Waals surface area contributed by atoms with Crippen molar-refractivity contribution in [2.45, 2.75) is 44.9 Å². The average Bonchev–Trinajstić information content (AvgIpc) is 3.19. The summed E-state index contributed by atoms with van der Waals surface area (Å²) in [5.41, 5.74) is 9.11. The van der Waals surface area contributed by atoms with E-state index in [1.165, 1.54) is 48.2 Å². The fourth-order valence-corrected chi connectivity index (χ4v) is 5.36. The van der Waals surface area contributed by atoms with Crippen molar-refractivity contribution in [2.75, 3.05) is 26.0 Å². The fraction of sp³-hybridized carbons (Fsp3) is 0.345. The molecule has 2 heterocycles. The molecular formula is C29H32FN3O. The van der Waals surface area contributed by atoms with E-state index < -0.39 is 0 Å². The number of rotatable bonds is 6. The Hall–Kier alpha value is -3.18. The van der Waals surface area contributed by atoms with Crippen molar-refractivity contribution in [2.24, 2.45) is 0 Å². The first-order valence-electron chi connectivity index (χ1n) is 12.3. The first-order valence-corrected chi connectivity index (χ1v) is 12.3. The molecule has 2 aliphatic rings. The van der Waals surface area contributed by atoms with Crippen LogP contribution in [0.2, 0.25) is 0 Å². The number of hydrogen-bond donors (Lipinski definition) is 2. The molecule has 0 saturated heterocycles. The Kier molecular flexibility index (Phi) is 6.38. The van der Waals surface area contributed by atoms with Crippen LogP contribution < -0.4 is 5.32 Å². The topological polar surface area (TPSA) is 48.1 Å². The molecule has 4 nitrogen and oxygen atoms in total. The second-order valence-electron chi connectivity index (χ2n) is 9.69. The van der Waals surface area contributed by atoms with Crippen LogP contribution in [-0.4, -0.2) is 36.4 Å².